The number of carbonyl (C=O) groups is 1. The lowest BCUT2D eigenvalue weighted by Gasteiger charge is -2.40. The van der Waals surface area contributed by atoms with E-state index in [1.54, 1.807) is 18.3 Å². The van der Waals surface area contributed by atoms with Crippen molar-refractivity contribution >= 4 is 28.1 Å². The number of aliphatic hydroxyl groups is 1. The molecule has 2 heterocycles. The van der Waals surface area contributed by atoms with Crippen molar-refractivity contribution in [3.05, 3.63) is 34.8 Å². The van der Waals surface area contributed by atoms with E-state index in [1.165, 1.54) is 17.4 Å². The van der Waals surface area contributed by atoms with E-state index in [4.69, 9.17) is 4.74 Å². The molecule has 3 rings (SSSR count). The minimum absolute atomic E-state index is 0.110. The fourth-order valence-corrected chi connectivity index (χ4v) is 3.42. The maximum Gasteiger partial charge on any atom is 0.339 e. The second-order valence-corrected chi connectivity index (χ2v) is 6.37. The van der Waals surface area contributed by atoms with E-state index < -0.39 is 5.97 Å². The fourth-order valence-electron chi connectivity index (χ4n) is 2.59. The van der Waals surface area contributed by atoms with Gasteiger partial charge in [0.05, 0.1) is 18.3 Å². The molecule has 1 unspecified atom stereocenters. The summed E-state index contributed by atoms with van der Waals surface area (Å²) < 4.78 is 5.78. The van der Waals surface area contributed by atoms with Crippen LogP contribution in [0, 0.1) is 6.92 Å². The molecule has 1 aliphatic rings. The van der Waals surface area contributed by atoms with Gasteiger partial charge in [-0.2, -0.15) is 0 Å². The van der Waals surface area contributed by atoms with Gasteiger partial charge in [-0.05, 0) is 26.0 Å². The number of aromatic nitrogens is 1. The number of anilines is 2. The predicted octanol–water partition coefficient (Wildman–Crippen LogP) is 2.43. The number of hydrogen-bond acceptors (Lipinski definition) is 6. The molecule has 0 saturated heterocycles. The predicted molar refractivity (Wildman–Crippen MR) is 83.4 cm³/mol. The number of para-hydroxylation sites is 1. The average molecular weight is 320 g/mol. The number of rotatable bonds is 3. The lowest BCUT2D eigenvalue weighted by molar-refractivity contribution is 0.0684. The van der Waals surface area contributed by atoms with Gasteiger partial charge in [0, 0.05) is 11.1 Å². The van der Waals surface area contributed by atoms with Crippen molar-refractivity contribution < 1.29 is 19.7 Å². The minimum Gasteiger partial charge on any atom is -0.485 e. The Labute approximate surface area is 131 Å². The van der Waals surface area contributed by atoms with Crippen LogP contribution in [-0.4, -0.2) is 39.9 Å². The Morgan fingerprint density at radius 3 is 2.86 bits per heavy atom. The third-order valence-corrected chi connectivity index (χ3v) is 4.58. The highest BCUT2D eigenvalue weighted by molar-refractivity contribution is 7.15. The van der Waals surface area contributed by atoms with E-state index >= 15 is 0 Å². The first-order valence-corrected chi connectivity index (χ1v) is 7.70. The zero-order chi connectivity index (χ0) is 15.9. The lowest BCUT2D eigenvalue weighted by Crippen LogP contribution is -2.48. The van der Waals surface area contributed by atoms with Crippen molar-refractivity contribution in [2.75, 3.05) is 11.5 Å². The topological polar surface area (TPSA) is 82.9 Å². The van der Waals surface area contributed by atoms with E-state index in [0.29, 0.717) is 11.4 Å². The molecule has 0 aliphatic carbocycles. The Bertz CT molecular complexity index is 715. The number of thiazole rings is 1. The number of carboxylic acids is 1. The first kappa shape index (κ1) is 14.8. The van der Waals surface area contributed by atoms with Crippen LogP contribution in [0.1, 0.15) is 22.2 Å². The van der Waals surface area contributed by atoms with Crippen molar-refractivity contribution in [2.45, 2.75) is 26.0 Å². The van der Waals surface area contributed by atoms with Crippen LogP contribution in [0.5, 0.6) is 5.75 Å². The molecular formula is C15H16N2O4S. The lowest BCUT2D eigenvalue weighted by atomic mass is 10.0. The molecule has 2 aromatic rings. The van der Waals surface area contributed by atoms with Crippen LogP contribution < -0.4 is 9.64 Å². The van der Waals surface area contributed by atoms with Crippen LogP contribution in [0.4, 0.5) is 10.8 Å². The Kier molecular flexibility index (Phi) is 3.76. The molecule has 7 heteroatoms. The maximum absolute atomic E-state index is 11.4. The molecule has 0 radical (unpaired) electrons. The zero-order valence-electron chi connectivity index (χ0n) is 12.2. The van der Waals surface area contributed by atoms with Crippen molar-refractivity contribution in [1.82, 2.24) is 4.98 Å². The largest absolute Gasteiger partial charge is 0.485 e. The Hall–Kier alpha value is -2.12. The van der Waals surface area contributed by atoms with Gasteiger partial charge >= 0.3 is 5.97 Å². The highest BCUT2D eigenvalue weighted by atomic mass is 32.1. The number of aromatic carboxylic acids is 1. The maximum atomic E-state index is 11.4. The highest BCUT2D eigenvalue weighted by Gasteiger charge is 2.37. The molecule has 0 fully saturated rings. The molecule has 0 spiro atoms. The number of aliphatic hydroxyl groups excluding tert-OH is 1. The molecule has 1 aromatic heterocycles. The number of aryl methyl sites for hydroxylation is 1. The van der Waals surface area contributed by atoms with Gasteiger partial charge in [0.1, 0.15) is 11.7 Å². The van der Waals surface area contributed by atoms with Gasteiger partial charge in [-0.25, -0.2) is 9.78 Å². The number of fused-ring (bicyclic) bond motifs is 1. The van der Waals surface area contributed by atoms with Crippen LogP contribution >= 0.6 is 11.3 Å². The van der Waals surface area contributed by atoms with Crippen LogP contribution in [0.15, 0.2) is 24.4 Å². The number of ether oxygens (including phenoxy) is 1. The first-order chi connectivity index (χ1) is 10.5. The molecule has 0 saturated carbocycles. The molecule has 2 N–H and O–H groups in total. The molecule has 2 atom stereocenters. The van der Waals surface area contributed by atoms with E-state index in [0.717, 1.165) is 10.0 Å². The molecule has 0 amide bonds. The van der Waals surface area contributed by atoms with E-state index in [9.17, 15) is 15.0 Å². The fraction of sp³-hybridized carbons (Fsp3) is 0.333. The van der Waals surface area contributed by atoms with Gasteiger partial charge in [0.25, 0.3) is 0 Å². The number of nitrogens with zero attached hydrogens (tertiary/aromatic N) is 2. The van der Waals surface area contributed by atoms with Gasteiger partial charge in [0.15, 0.2) is 10.9 Å². The Balaban J connectivity index is 2.19. The third-order valence-electron chi connectivity index (χ3n) is 3.66. The second kappa shape index (κ2) is 5.58. The Morgan fingerprint density at radius 1 is 1.50 bits per heavy atom. The number of benzene rings is 1. The summed E-state index contributed by atoms with van der Waals surface area (Å²) in [5.74, 6) is -0.721. The van der Waals surface area contributed by atoms with Gasteiger partial charge in [0.2, 0.25) is 0 Å². The van der Waals surface area contributed by atoms with Crippen LogP contribution in [-0.2, 0) is 0 Å². The molecule has 6 nitrogen and oxygen atoms in total. The monoisotopic (exact) mass is 320 g/mol. The summed E-state index contributed by atoms with van der Waals surface area (Å²) in [5, 5.41) is 19.8. The normalized spacial score (nSPS) is 20.4. The van der Waals surface area contributed by atoms with Gasteiger partial charge in [-0.1, -0.05) is 6.07 Å². The van der Waals surface area contributed by atoms with Crippen LogP contribution in [0.2, 0.25) is 0 Å². The van der Waals surface area contributed by atoms with Crippen molar-refractivity contribution in [3.8, 4) is 5.75 Å². The van der Waals surface area contributed by atoms with E-state index in [1.807, 2.05) is 18.7 Å². The average Bonchev–Trinajstić information content (AvgIpc) is 2.91. The second-order valence-electron chi connectivity index (χ2n) is 5.16. The quantitative estimate of drug-likeness (QED) is 0.904. The summed E-state index contributed by atoms with van der Waals surface area (Å²) in [7, 11) is 0. The molecule has 1 aliphatic heterocycles. The number of carboxylic acid groups (broad SMARTS) is 1. The Morgan fingerprint density at radius 2 is 2.27 bits per heavy atom. The zero-order valence-corrected chi connectivity index (χ0v) is 13.0. The highest BCUT2D eigenvalue weighted by Crippen LogP contribution is 2.44. The number of hydrogen-bond donors (Lipinski definition) is 2. The van der Waals surface area contributed by atoms with E-state index in [-0.39, 0.29) is 24.3 Å². The van der Waals surface area contributed by atoms with Crippen molar-refractivity contribution in [2.24, 2.45) is 0 Å². The summed E-state index contributed by atoms with van der Waals surface area (Å²) in [6, 6.07) is 4.65. The molecule has 0 bridgehead atoms. The summed E-state index contributed by atoms with van der Waals surface area (Å²) >= 11 is 1.49. The molecule has 22 heavy (non-hydrogen) atoms. The van der Waals surface area contributed by atoms with E-state index in [2.05, 4.69) is 4.98 Å². The van der Waals surface area contributed by atoms with Gasteiger partial charge in [-0.15, -0.1) is 11.3 Å². The van der Waals surface area contributed by atoms with Crippen molar-refractivity contribution in [3.63, 3.8) is 0 Å². The third kappa shape index (κ3) is 2.32. The van der Waals surface area contributed by atoms with Gasteiger partial charge in [-0.3, -0.25) is 0 Å². The van der Waals surface area contributed by atoms with Crippen LogP contribution in [0.3, 0.4) is 0 Å². The summed E-state index contributed by atoms with van der Waals surface area (Å²) in [4.78, 5) is 18.7. The summed E-state index contributed by atoms with van der Waals surface area (Å²) in [5.41, 5.74) is 0.727. The van der Waals surface area contributed by atoms with Crippen LogP contribution in [0.25, 0.3) is 0 Å². The smallest absolute Gasteiger partial charge is 0.339 e. The summed E-state index contributed by atoms with van der Waals surface area (Å²) in [6.07, 6.45) is 1.40. The molecular weight excluding hydrogens is 304 g/mol. The minimum atomic E-state index is -1.04. The summed E-state index contributed by atoms with van der Waals surface area (Å²) in [6.45, 7) is 3.65. The van der Waals surface area contributed by atoms with Gasteiger partial charge < -0.3 is 19.8 Å². The first-order valence-electron chi connectivity index (χ1n) is 6.88. The SMILES string of the molecule is Cc1cnc(N2c3cccc(C(=O)O)c3O[C@@H](C)C2CO)s1. The molecule has 1 aromatic carbocycles. The molecule has 116 valence electrons. The standard InChI is InChI=1S/C15H16N2O4S/c1-8-6-16-15(22-8)17-11-5-3-4-10(14(19)20)13(11)21-9(2)12(17)7-18/h3-6,9,12,18H,7H2,1-2H3,(H,19,20)/t9-,12?/m0/s1. The van der Waals surface area contributed by atoms with Crippen molar-refractivity contribution in [1.29, 1.82) is 0 Å².